The van der Waals surface area contributed by atoms with E-state index < -0.39 is 0 Å². The molecule has 3 heterocycles. The van der Waals surface area contributed by atoms with Gasteiger partial charge in [-0.15, -0.1) is 0 Å². The standard InChI is InChI=1S/C21H23N3O2/c1-16(25)22-21-18-9-5-6-10-24(18)19(15-23-11-13-26-14-12-23)20(21)17-7-3-2-4-8-17/h2-10H,11-15H2,1H3,(H,22,25). The van der Waals surface area contributed by atoms with Gasteiger partial charge in [-0.25, -0.2) is 0 Å². The molecule has 0 unspecified atom stereocenters. The molecule has 5 nitrogen and oxygen atoms in total. The number of rotatable bonds is 4. The zero-order chi connectivity index (χ0) is 17.9. The van der Waals surface area contributed by atoms with Gasteiger partial charge in [0.05, 0.1) is 24.4 Å². The Hall–Kier alpha value is -2.63. The van der Waals surface area contributed by atoms with E-state index in [1.165, 1.54) is 5.69 Å². The zero-order valence-electron chi connectivity index (χ0n) is 14.9. The first kappa shape index (κ1) is 16.8. The van der Waals surface area contributed by atoms with E-state index in [0.717, 1.165) is 55.2 Å². The van der Waals surface area contributed by atoms with E-state index in [1.54, 1.807) is 6.92 Å². The normalized spacial score (nSPS) is 15.3. The molecule has 0 saturated carbocycles. The molecule has 1 fully saturated rings. The average molecular weight is 349 g/mol. The number of ether oxygens (including phenoxy) is 1. The lowest BCUT2D eigenvalue weighted by atomic mass is 10.0. The number of fused-ring (bicyclic) bond motifs is 1. The lowest BCUT2D eigenvalue weighted by Crippen LogP contribution is -2.36. The fourth-order valence-corrected chi connectivity index (χ4v) is 3.62. The Balaban J connectivity index is 1.91. The van der Waals surface area contributed by atoms with Crippen molar-refractivity contribution in [1.82, 2.24) is 9.30 Å². The van der Waals surface area contributed by atoms with E-state index >= 15 is 0 Å². The molecule has 0 spiro atoms. The molecule has 1 amide bonds. The molecule has 26 heavy (non-hydrogen) atoms. The predicted octanol–water partition coefficient (Wildman–Crippen LogP) is 3.40. The second-order valence-corrected chi connectivity index (χ2v) is 6.59. The highest BCUT2D eigenvalue weighted by Gasteiger charge is 2.22. The van der Waals surface area contributed by atoms with Crippen LogP contribution in [-0.2, 0) is 16.1 Å². The molecule has 0 bridgehead atoms. The minimum absolute atomic E-state index is 0.0588. The molecule has 1 aliphatic heterocycles. The molecule has 1 N–H and O–H groups in total. The van der Waals surface area contributed by atoms with Crippen LogP contribution in [0, 0.1) is 0 Å². The summed E-state index contributed by atoms with van der Waals surface area (Å²) in [6.45, 7) is 5.75. The van der Waals surface area contributed by atoms with Crippen LogP contribution in [0.2, 0.25) is 0 Å². The molecule has 1 aliphatic rings. The van der Waals surface area contributed by atoms with Crippen molar-refractivity contribution in [2.75, 3.05) is 31.6 Å². The maximum Gasteiger partial charge on any atom is 0.221 e. The van der Waals surface area contributed by atoms with Crippen LogP contribution in [0.5, 0.6) is 0 Å². The SMILES string of the molecule is CC(=O)Nc1c(-c2ccccc2)c(CN2CCOCC2)n2ccccc12. The maximum atomic E-state index is 11.9. The van der Waals surface area contributed by atoms with Crippen LogP contribution >= 0.6 is 0 Å². The molecule has 5 heteroatoms. The van der Waals surface area contributed by atoms with Crippen LogP contribution in [0.15, 0.2) is 54.7 Å². The van der Waals surface area contributed by atoms with E-state index in [1.807, 2.05) is 30.3 Å². The van der Waals surface area contributed by atoms with Gasteiger partial charge in [-0.1, -0.05) is 36.4 Å². The Kier molecular flexibility index (Phi) is 4.73. The number of carbonyl (C=O) groups excluding carboxylic acids is 1. The van der Waals surface area contributed by atoms with Gasteiger partial charge in [0.2, 0.25) is 5.91 Å². The monoisotopic (exact) mass is 349 g/mol. The number of anilines is 1. The van der Waals surface area contributed by atoms with E-state index in [-0.39, 0.29) is 5.91 Å². The molecular weight excluding hydrogens is 326 g/mol. The summed E-state index contributed by atoms with van der Waals surface area (Å²) in [6.07, 6.45) is 2.07. The van der Waals surface area contributed by atoms with Crippen molar-refractivity contribution in [3.63, 3.8) is 0 Å². The number of nitrogens with one attached hydrogen (secondary N) is 1. The van der Waals surface area contributed by atoms with Gasteiger partial charge in [-0.2, -0.15) is 0 Å². The molecule has 0 aliphatic carbocycles. The summed E-state index contributed by atoms with van der Waals surface area (Å²) in [5.41, 5.74) is 5.30. The summed E-state index contributed by atoms with van der Waals surface area (Å²) >= 11 is 0. The van der Waals surface area contributed by atoms with Crippen LogP contribution in [0.1, 0.15) is 12.6 Å². The molecule has 0 radical (unpaired) electrons. The Morgan fingerprint density at radius 3 is 2.54 bits per heavy atom. The molecule has 4 rings (SSSR count). The van der Waals surface area contributed by atoms with Gasteiger partial charge in [-0.3, -0.25) is 9.69 Å². The molecule has 1 saturated heterocycles. The maximum absolute atomic E-state index is 11.9. The Morgan fingerprint density at radius 1 is 1.08 bits per heavy atom. The lowest BCUT2D eigenvalue weighted by molar-refractivity contribution is -0.114. The highest BCUT2D eigenvalue weighted by Crippen LogP contribution is 2.38. The van der Waals surface area contributed by atoms with Gasteiger partial charge >= 0.3 is 0 Å². The number of amides is 1. The first-order valence-electron chi connectivity index (χ1n) is 8.99. The van der Waals surface area contributed by atoms with Crippen LogP contribution in [0.3, 0.4) is 0 Å². The molecule has 2 aromatic heterocycles. The predicted molar refractivity (Wildman–Crippen MR) is 103 cm³/mol. The fraction of sp³-hybridized carbons (Fsp3) is 0.286. The first-order chi connectivity index (χ1) is 12.7. The van der Waals surface area contributed by atoms with Gasteiger partial charge in [0.25, 0.3) is 0 Å². The van der Waals surface area contributed by atoms with Gasteiger partial charge in [0.1, 0.15) is 0 Å². The quantitative estimate of drug-likeness (QED) is 0.785. The molecule has 134 valence electrons. The van der Waals surface area contributed by atoms with Crippen LogP contribution in [0.4, 0.5) is 5.69 Å². The van der Waals surface area contributed by atoms with Crippen molar-refractivity contribution >= 4 is 17.1 Å². The van der Waals surface area contributed by atoms with Gasteiger partial charge in [-0.05, 0) is 17.7 Å². The Labute approximate surface area is 153 Å². The Morgan fingerprint density at radius 2 is 1.81 bits per heavy atom. The third-order valence-electron chi connectivity index (χ3n) is 4.79. The van der Waals surface area contributed by atoms with Crippen molar-refractivity contribution < 1.29 is 9.53 Å². The molecule has 3 aromatic rings. The van der Waals surface area contributed by atoms with Crippen molar-refractivity contribution in [3.8, 4) is 11.1 Å². The number of pyridine rings is 1. The van der Waals surface area contributed by atoms with E-state index in [0.29, 0.717) is 0 Å². The second kappa shape index (κ2) is 7.32. The van der Waals surface area contributed by atoms with Crippen LogP contribution < -0.4 is 5.32 Å². The number of carbonyl (C=O) groups is 1. The lowest BCUT2D eigenvalue weighted by Gasteiger charge is -2.27. The van der Waals surface area contributed by atoms with Gasteiger partial charge < -0.3 is 14.5 Å². The van der Waals surface area contributed by atoms with Gasteiger partial charge in [0, 0.05) is 44.0 Å². The number of aromatic nitrogens is 1. The van der Waals surface area contributed by atoms with Crippen molar-refractivity contribution in [2.45, 2.75) is 13.5 Å². The van der Waals surface area contributed by atoms with Crippen molar-refractivity contribution in [3.05, 3.63) is 60.4 Å². The minimum atomic E-state index is -0.0588. The number of hydrogen-bond donors (Lipinski definition) is 1. The first-order valence-corrected chi connectivity index (χ1v) is 8.99. The highest BCUT2D eigenvalue weighted by atomic mass is 16.5. The van der Waals surface area contributed by atoms with Crippen molar-refractivity contribution in [2.24, 2.45) is 0 Å². The summed E-state index contributed by atoms with van der Waals surface area (Å²) in [4.78, 5) is 14.3. The number of hydrogen-bond acceptors (Lipinski definition) is 3. The van der Waals surface area contributed by atoms with E-state index in [4.69, 9.17) is 4.74 Å². The smallest absolute Gasteiger partial charge is 0.221 e. The summed E-state index contributed by atoms with van der Waals surface area (Å²) < 4.78 is 7.69. The minimum Gasteiger partial charge on any atom is -0.379 e. The number of benzene rings is 1. The third-order valence-corrected chi connectivity index (χ3v) is 4.79. The fourth-order valence-electron chi connectivity index (χ4n) is 3.62. The molecule has 1 aromatic carbocycles. The van der Waals surface area contributed by atoms with E-state index in [2.05, 4.69) is 39.0 Å². The molecule has 0 atom stereocenters. The van der Waals surface area contributed by atoms with Crippen LogP contribution in [0.25, 0.3) is 16.6 Å². The summed E-state index contributed by atoms with van der Waals surface area (Å²) in [5.74, 6) is -0.0588. The highest BCUT2D eigenvalue weighted by molar-refractivity contribution is 6.02. The average Bonchev–Trinajstić information content (AvgIpc) is 2.96. The molecular formula is C21H23N3O2. The topological polar surface area (TPSA) is 46.0 Å². The summed E-state index contributed by atoms with van der Waals surface area (Å²) in [6, 6.07) is 16.4. The van der Waals surface area contributed by atoms with E-state index in [9.17, 15) is 4.79 Å². The largest absolute Gasteiger partial charge is 0.379 e. The van der Waals surface area contributed by atoms with Gasteiger partial charge in [0.15, 0.2) is 0 Å². The van der Waals surface area contributed by atoms with Crippen LogP contribution in [-0.4, -0.2) is 41.5 Å². The Bertz CT molecular complexity index is 912. The summed E-state index contributed by atoms with van der Waals surface area (Å²) in [5, 5.41) is 3.07. The number of nitrogens with zero attached hydrogens (tertiary/aromatic N) is 2. The van der Waals surface area contributed by atoms with Crippen molar-refractivity contribution in [1.29, 1.82) is 0 Å². The third kappa shape index (κ3) is 3.23. The number of morpholine rings is 1. The summed E-state index contributed by atoms with van der Waals surface area (Å²) in [7, 11) is 0. The zero-order valence-corrected chi connectivity index (χ0v) is 14.9. The second-order valence-electron chi connectivity index (χ2n) is 6.59.